The number of aromatic nitrogens is 4. The molecule has 28 heavy (non-hydrogen) atoms. The number of hydrogen-bond acceptors (Lipinski definition) is 9. The number of esters is 1. The van der Waals surface area contributed by atoms with Crippen LogP contribution in [-0.2, 0) is 16.1 Å². The Bertz CT molecular complexity index is 1020. The molecule has 0 spiro atoms. The van der Waals surface area contributed by atoms with Gasteiger partial charge < -0.3 is 14.8 Å². The van der Waals surface area contributed by atoms with Gasteiger partial charge in [-0.2, -0.15) is 0 Å². The average molecular weight is 397 g/mol. The molecule has 3 aromatic rings. The van der Waals surface area contributed by atoms with Crippen LogP contribution in [0.2, 0.25) is 0 Å². The lowest BCUT2D eigenvalue weighted by Gasteiger charge is -2.29. The van der Waals surface area contributed by atoms with Crippen molar-refractivity contribution < 1.29 is 19.6 Å². The zero-order chi connectivity index (χ0) is 19.7. The third-order valence-corrected chi connectivity index (χ3v) is 5.54. The fraction of sp³-hybridized carbons (Fsp3) is 0.235. The molecule has 9 nitrogen and oxygen atoms in total. The zero-order valence-electron chi connectivity index (χ0n) is 14.8. The summed E-state index contributed by atoms with van der Waals surface area (Å²) < 4.78 is 6.95. The summed E-state index contributed by atoms with van der Waals surface area (Å²) in [5.74, 6) is -1.03. The predicted molar refractivity (Wildman–Crippen MR) is 103 cm³/mol. The molecular weight excluding hydrogens is 381 g/mol. The van der Waals surface area contributed by atoms with Crippen molar-refractivity contribution in [1.29, 1.82) is 0 Å². The van der Waals surface area contributed by atoms with E-state index in [1.807, 2.05) is 30.3 Å². The van der Waals surface area contributed by atoms with E-state index in [0.717, 1.165) is 5.56 Å². The van der Waals surface area contributed by atoms with Crippen LogP contribution in [0, 0.1) is 5.92 Å². The van der Waals surface area contributed by atoms with Gasteiger partial charge in [-0.3, -0.25) is 4.79 Å². The molecule has 0 saturated heterocycles. The van der Waals surface area contributed by atoms with E-state index in [1.54, 1.807) is 18.4 Å². The van der Waals surface area contributed by atoms with E-state index < -0.39 is 25.0 Å². The van der Waals surface area contributed by atoms with Gasteiger partial charge in [0.1, 0.15) is 18.6 Å². The van der Waals surface area contributed by atoms with Gasteiger partial charge >= 0.3 is 13.1 Å². The molecular formula is C17H16BN5O4S. The molecule has 4 rings (SSSR count). The number of nitrogens with zero attached hydrogens (tertiary/aromatic N) is 5. The Balaban J connectivity index is 1.69. The van der Waals surface area contributed by atoms with Gasteiger partial charge in [0.05, 0.1) is 0 Å². The van der Waals surface area contributed by atoms with E-state index in [9.17, 15) is 14.8 Å². The van der Waals surface area contributed by atoms with Gasteiger partial charge in [-0.15, -0.1) is 11.3 Å². The second kappa shape index (κ2) is 7.62. The molecule has 0 bridgehead atoms. The highest BCUT2D eigenvalue weighted by Gasteiger charge is 2.42. The van der Waals surface area contributed by atoms with Crippen molar-refractivity contribution in [2.45, 2.75) is 19.6 Å². The summed E-state index contributed by atoms with van der Waals surface area (Å²) in [4.78, 5) is 17.9. The van der Waals surface area contributed by atoms with Crippen LogP contribution < -0.4 is 5.46 Å². The zero-order valence-corrected chi connectivity index (χ0v) is 15.7. The Morgan fingerprint density at radius 3 is 2.82 bits per heavy atom. The highest BCUT2D eigenvalue weighted by Crippen LogP contribution is 2.36. The topological polar surface area (TPSA) is 123 Å². The Kier molecular flexibility index (Phi) is 5.03. The van der Waals surface area contributed by atoms with Gasteiger partial charge in [0.2, 0.25) is 0 Å². The van der Waals surface area contributed by atoms with Crippen molar-refractivity contribution in [3.05, 3.63) is 52.2 Å². The average Bonchev–Trinajstić information content (AvgIpc) is 3.35. The maximum Gasteiger partial charge on any atom is 0.489 e. The number of carbonyl (C=O) groups excluding carboxylic acids is 1. The van der Waals surface area contributed by atoms with Crippen LogP contribution in [0.3, 0.4) is 0 Å². The van der Waals surface area contributed by atoms with Crippen molar-refractivity contribution in [3.8, 4) is 0 Å². The quantitative estimate of drug-likeness (QED) is 0.474. The van der Waals surface area contributed by atoms with Gasteiger partial charge in [0.25, 0.3) is 5.95 Å². The number of rotatable bonds is 5. The summed E-state index contributed by atoms with van der Waals surface area (Å²) in [5, 5.41) is 32.6. The van der Waals surface area contributed by atoms with Crippen LogP contribution in [0.4, 0.5) is 5.95 Å². The maximum atomic E-state index is 13.0. The van der Waals surface area contributed by atoms with Crippen molar-refractivity contribution >= 4 is 41.5 Å². The van der Waals surface area contributed by atoms with E-state index in [1.165, 1.54) is 16.0 Å². The third-order valence-electron chi connectivity index (χ3n) is 4.53. The fourth-order valence-corrected chi connectivity index (χ4v) is 4.25. The fourth-order valence-electron chi connectivity index (χ4n) is 3.20. The van der Waals surface area contributed by atoms with E-state index in [4.69, 9.17) is 4.74 Å². The summed E-state index contributed by atoms with van der Waals surface area (Å²) in [7, 11) is -1.68. The summed E-state index contributed by atoms with van der Waals surface area (Å²) in [5.41, 5.74) is 1.66. The van der Waals surface area contributed by atoms with Crippen LogP contribution in [0.15, 0.2) is 46.8 Å². The summed E-state index contributed by atoms with van der Waals surface area (Å²) >= 11 is 1.29. The Hall–Kier alpha value is -2.89. The number of benzene rings is 1. The number of aliphatic imine (C=N–C) groups is 1. The molecule has 0 amide bonds. The monoisotopic (exact) mass is 397 g/mol. The minimum absolute atomic E-state index is 0.124. The molecule has 0 radical (unpaired) electrons. The lowest BCUT2D eigenvalue weighted by molar-refractivity contribution is -0.148. The number of carbonyl (C=O) groups is 1. The number of ether oxygens (including phenoxy) is 1. The van der Waals surface area contributed by atoms with E-state index >= 15 is 0 Å². The van der Waals surface area contributed by atoms with Crippen molar-refractivity contribution in [2.24, 2.45) is 10.9 Å². The summed E-state index contributed by atoms with van der Waals surface area (Å²) in [6.07, 6.45) is 0. The molecule has 2 atom stereocenters. The SMILES string of the molecule is CC1=Nc2nnnn2C(c2sccc2B(O)O)C1C(=O)OCc1ccccc1. The normalized spacial score (nSPS) is 18.3. The van der Waals surface area contributed by atoms with Crippen LogP contribution in [0.25, 0.3) is 0 Å². The smallest absolute Gasteiger partial charge is 0.460 e. The second-order valence-electron chi connectivity index (χ2n) is 6.31. The van der Waals surface area contributed by atoms with Crippen molar-refractivity contribution in [2.75, 3.05) is 0 Å². The molecule has 1 aromatic carbocycles. The largest absolute Gasteiger partial charge is 0.489 e. The first-order valence-corrected chi connectivity index (χ1v) is 9.41. The van der Waals surface area contributed by atoms with Crippen LogP contribution >= 0.6 is 11.3 Å². The molecule has 142 valence electrons. The van der Waals surface area contributed by atoms with Gasteiger partial charge in [0, 0.05) is 10.6 Å². The molecule has 1 aliphatic rings. The van der Waals surface area contributed by atoms with Crippen LogP contribution in [0.1, 0.15) is 23.4 Å². The Morgan fingerprint density at radius 1 is 1.29 bits per heavy atom. The molecule has 0 fully saturated rings. The van der Waals surface area contributed by atoms with E-state index in [0.29, 0.717) is 16.1 Å². The van der Waals surface area contributed by atoms with Gasteiger partial charge in [-0.25, -0.2) is 9.67 Å². The second-order valence-corrected chi connectivity index (χ2v) is 7.25. The highest BCUT2D eigenvalue weighted by molar-refractivity contribution is 7.11. The number of fused-ring (bicyclic) bond motifs is 1. The number of thiophene rings is 1. The highest BCUT2D eigenvalue weighted by atomic mass is 32.1. The minimum Gasteiger partial charge on any atom is -0.460 e. The molecule has 1 aliphatic heterocycles. The van der Waals surface area contributed by atoms with Gasteiger partial charge in [-0.1, -0.05) is 41.5 Å². The Morgan fingerprint density at radius 2 is 2.07 bits per heavy atom. The lowest BCUT2D eigenvalue weighted by atomic mass is 9.77. The van der Waals surface area contributed by atoms with Gasteiger partial charge in [-0.05, 0) is 33.8 Å². The van der Waals surface area contributed by atoms with Crippen molar-refractivity contribution in [1.82, 2.24) is 20.2 Å². The predicted octanol–water partition coefficient (Wildman–Crippen LogP) is 0.469. The standard InChI is InChI=1S/C17H16BN5O4S/c1-10-13(16(24)27-9-11-5-3-2-4-6-11)14(23-17(19-10)20-21-22-23)15-12(18(25)26)7-8-28-15/h2-8,13-14,25-26H,9H2,1H3. The van der Waals surface area contributed by atoms with Crippen molar-refractivity contribution in [3.63, 3.8) is 0 Å². The minimum atomic E-state index is -1.68. The van der Waals surface area contributed by atoms with E-state index in [2.05, 4.69) is 20.5 Å². The lowest BCUT2D eigenvalue weighted by Crippen LogP contribution is -2.41. The molecule has 2 unspecified atom stereocenters. The van der Waals surface area contributed by atoms with Crippen LogP contribution in [-0.4, -0.2) is 49.1 Å². The third kappa shape index (κ3) is 3.35. The molecule has 3 heterocycles. The molecule has 2 aromatic heterocycles. The summed E-state index contributed by atoms with van der Waals surface area (Å²) in [6, 6.07) is 10.3. The van der Waals surface area contributed by atoms with Crippen LogP contribution in [0.5, 0.6) is 0 Å². The number of tetrazole rings is 1. The van der Waals surface area contributed by atoms with Gasteiger partial charge in [0.15, 0.2) is 0 Å². The maximum absolute atomic E-state index is 13.0. The molecule has 0 saturated carbocycles. The first-order chi connectivity index (χ1) is 13.6. The Labute approximate surface area is 164 Å². The van der Waals surface area contributed by atoms with E-state index in [-0.39, 0.29) is 12.6 Å². The summed E-state index contributed by atoms with van der Waals surface area (Å²) in [6.45, 7) is 1.83. The molecule has 0 aliphatic carbocycles. The number of hydrogen-bond donors (Lipinski definition) is 2. The molecule has 2 N–H and O–H groups in total. The first-order valence-electron chi connectivity index (χ1n) is 8.53. The molecule has 11 heteroatoms. The first kappa shape index (κ1) is 18.5.